The molecule has 130 valence electrons. The lowest BCUT2D eigenvalue weighted by atomic mass is 9.90. The van der Waals surface area contributed by atoms with E-state index in [4.69, 9.17) is 5.73 Å². The predicted molar refractivity (Wildman–Crippen MR) is 90.3 cm³/mol. The average Bonchev–Trinajstić information content (AvgIpc) is 2.90. The summed E-state index contributed by atoms with van der Waals surface area (Å²) in [6, 6.07) is 4.48. The minimum atomic E-state index is -3.57. The fraction of sp³-hybridized carbons (Fsp3) is 0.533. The zero-order valence-electron chi connectivity index (χ0n) is 13.5. The van der Waals surface area contributed by atoms with E-state index in [2.05, 4.69) is 4.74 Å². The standard InChI is InChI=1S/C15H22N2O4S.ClH/c1-11-8-12(14(18)21-3)4-5-13(11)22(19,20)17-7-6-15(2,9-16)10-17;/h4-5,8H,6-7,9-10,16H2,1-3H3;1H. The van der Waals surface area contributed by atoms with E-state index < -0.39 is 16.0 Å². The Morgan fingerprint density at radius 3 is 2.57 bits per heavy atom. The maximum Gasteiger partial charge on any atom is 0.337 e. The van der Waals surface area contributed by atoms with Crippen LogP contribution in [0.5, 0.6) is 0 Å². The normalized spacial score (nSPS) is 21.7. The molecule has 0 bridgehead atoms. The molecule has 1 aliphatic heterocycles. The number of aryl methyl sites for hydroxylation is 1. The zero-order chi connectivity index (χ0) is 16.5. The first-order chi connectivity index (χ1) is 10.2. The minimum absolute atomic E-state index is 0. The maximum atomic E-state index is 12.8. The van der Waals surface area contributed by atoms with Gasteiger partial charge in [0.05, 0.1) is 17.6 Å². The van der Waals surface area contributed by atoms with Crippen LogP contribution in [0.4, 0.5) is 0 Å². The molecule has 1 unspecified atom stereocenters. The van der Waals surface area contributed by atoms with Gasteiger partial charge in [-0.25, -0.2) is 13.2 Å². The Labute approximate surface area is 143 Å². The van der Waals surface area contributed by atoms with E-state index in [1.54, 1.807) is 6.92 Å². The van der Waals surface area contributed by atoms with E-state index >= 15 is 0 Å². The van der Waals surface area contributed by atoms with Crippen LogP contribution in [0.25, 0.3) is 0 Å². The van der Waals surface area contributed by atoms with Crippen LogP contribution in [0.1, 0.15) is 29.3 Å². The van der Waals surface area contributed by atoms with Gasteiger partial charge < -0.3 is 10.5 Å². The molecular formula is C15H23ClN2O4S. The molecule has 0 aliphatic carbocycles. The first kappa shape index (κ1) is 19.9. The molecule has 0 saturated carbocycles. The van der Waals surface area contributed by atoms with Crippen molar-refractivity contribution in [2.75, 3.05) is 26.7 Å². The van der Waals surface area contributed by atoms with Crippen LogP contribution in [0.2, 0.25) is 0 Å². The van der Waals surface area contributed by atoms with Crippen LogP contribution < -0.4 is 5.73 Å². The number of hydrogen-bond acceptors (Lipinski definition) is 5. The average molecular weight is 363 g/mol. The van der Waals surface area contributed by atoms with Crippen LogP contribution in [0, 0.1) is 12.3 Å². The van der Waals surface area contributed by atoms with Crippen molar-refractivity contribution in [1.82, 2.24) is 4.31 Å². The molecule has 6 nitrogen and oxygen atoms in total. The second-order valence-electron chi connectivity index (χ2n) is 6.08. The fourth-order valence-electron chi connectivity index (χ4n) is 2.67. The Kier molecular flexibility index (Phi) is 6.20. The van der Waals surface area contributed by atoms with Crippen LogP contribution in [0.15, 0.2) is 23.1 Å². The smallest absolute Gasteiger partial charge is 0.337 e. The Morgan fingerprint density at radius 2 is 2.09 bits per heavy atom. The van der Waals surface area contributed by atoms with Crippen molar-refractivity contribution < 1.29 is 17.9 Å². The van der Waals surface area contributed by atoms with Gasteiger partial charge in [-0.2, -0.15) is 4.31 Å². The molecule has 1 fully saturated rings. The third-order valence-electron chi connectivity index (χ3n) is 4.23. The number of halogens is 1. The third kappa shape index (κ3) is 3.85. The third-order valence-corrected chi connectivity index (χ3v) is 6.23. The maximum absolute atomic E-state index is 12.8. The summed E-state index contributed by atoms with van der Waals surface area (Å²) < 4.78 is 31.7. The summed E-state index contributed by atoms with van der Waals surface area (Å²) in [6.45, 7) is 5.02. The van der Waals surface area contributed by atoms with Crippen molar-refractivity contribution in [3.63, 3.8) is 0 Å². The summed E-state index contributed by atoms with van der Waals surface area (Å²) in [4.78, 5) is 11.7. The molecule has 1 heterocycles. The molecule has 0 spiro atoms. The van der Waals surface area contributed by atoms with Gasteiger partial charge in [-0.15, -0.1) is 12.4 Å². The van der Waals surface area contributed by atoms with Gasteiger partial charge in [0.1, 0.15) is 0 Å². The van der Waals surface area contributed by atoms with E-state index in [9.17, 15) is 13.2 Å². The molecule has 1 aliphatic rings. The highest BCUT2D eigenvalue weighted by atomic mass is 35.5. The summed E-state index contributed by atoms with van der Waals surface area (Å²) in [5, 5.41) is 0. The lowest BCUT2D eigenvalue weighted by Gasteiger charge is -2.23. The molecule has 2 rings (SSSR count). The van der Waals surface area contributed by atoms with Crippen LogP contribution in [-0.4, -0.2) is 45.4 Å². The van der Waals surface area contributed by atoms with Gasteiger partial charge in [0, 0.05) is 13.1 Å². The summed E-state index contributed by atoms with van der Waals surface area (Å²) >= 11 is 0. The number of ether oxygens (including phenoxy) is 1. The highest BCUT2D eigenvalue weighted by molar-refractivity contribution is 7.89. The first-order valence-corrected chi connectivity index (χ1v) is 8.57. The molecule has 1 aromatic rings. The Morgan fingerprint density at radius 1 is 1.43 bits per heavy atom. The molecule has 1 atom stereocenters. The number of hydrogen-bond donors (Lipinski definition) is 1. The van der Waals surface area contributed by atoms with Crippen molar-refractivity contribution in [1.29, 1.82) is 0 Å². The van der Waals surface area contributed by atoms with Crippen molar-refractivity contribution in [2.45, 2.75) is 25.2 Å². The summed E-state index contributed by atoms with van der Waals surface area (Å²) in [5.74, 6) is -0.482. The number of carbonyl (C=O) groups excluding carboxylic acids is 1. The highest BCUT2D eigenvalue weighted by Crippen LogP contribution is 2.33. The Balaban J connectivity index is 0.00000264. The van der Waals surface area contributed by atoms with E-state index in [1.807, 2.05) is 6.92 Å². The second kappa shape index (κ2) is 7.17. The number of methoxy groups -OCH3 is 1. The molecule has 0 radical (unpaired) electrons. The van der Waals surface area contributed by atoms with Crippen LogP contribution >= 0.6 is 12.4 Å². The van der Waals surface area contributed by atoms with Crippen molar-refractivity contribution in [2.24, 2.45) is 11.1 Å². The van der Waals surface area contributed by atoms with Gasteiger partial charge in [0.15, 0.2) is 0 Å². The van der Waals surface area contributed by atoms with Gasteiger partial charge in [0.2, 0.25) is 10.0 Å². The minimum Gasteiger partial charge on any atom is -0.465 e. The predicted octanol–water partition coefficient (Wildman–Crippen LogP) is 1.56. The molecule has 0 aromatic heterocycles. The molecule has 2 N–H and O–H groups in total. The lowest BCUT2D eigenvalue weighted by molar-refractivity contribution is 0.0600. The van der Waals surface area contributed by atoms with Gasteiger partial charge in [-0.1, -0.05) is 6.92 Å². The molecule has 1 aromatic carbocycles. The largest absolute Gasteiger partial charge is 0.465 e. The Bertz CT molecular complexity index is 693. The lowest BCUT2D eigenvalue weighted by Crippen LogP contribution is -2.34. The summed E-state index contributed by atoms with van der Waals surface area (Å²) in [6.07, 6.45) is 0.752. The van der Waals surface area contributed by atoms with E-state index in [0.29, 0.717) is 30.8 Å². The van der Waals surface area contributed by atoms with Crippen molar-refractivity contribution in [3.8, 4) is 0 Å². The number of esters is 1. The van der Waals surface area contributed by atoms with Crippen LogP contribution in [0.3, 0.4) is 0 Å². The monoisotopic (exact) mass is 362 g/mol. The topological polar surface area (TPSA) is 89.7 Å². The van der Waals surface area contributed by atoms with Crippen molar-refractivity contribution >= 4 is 28.4 Å². The first-order valence-electron chi connectivity index (χ1n) is 7.13. The van der Waals surface area contributed by atoms with Gasteiger partial charge in [-0.05, 0) is 49.1 Å². The summed E-state index contributed by atoms with van der Waals surface area (Å²) in [5.41, 5.74) is 6.44. The van der Waals surface area contributed by atoms with Gasteiger partial charge >= 0.3 is 5.97 Å². The van der Waals surface area contributed by atoms with E-state index in [1.165, 1.54) is 29.6 Å². The molecule has 23 heavy (non-hydrogen) atoms. The number of benzene rings is 1. The Hall–Kier alpha value is -1.15. The number of carbonyl (C=O) groups is 1. The fourth-order valence-corrected chi connectivity index (χ4v) is 4.47. The quantitative estimate of drug-likeness (QED) is 0.821. The molecule has 0 amide bonds. The molecular weight excluding hydrogens is 340 g/mol. The number of sulfonamides is 1. The zero-order valence-corrected chi connectivity index (χ0v) is 15.2. The van der Waals surface area contributed by atoms with Gasteiger partial charge in [-0.3, -0.25) is 0 Å². The van der Waals surface area contributed by atoms with Gasteiger partial charge in [0.25, 0.3) is 0 Å². The molecule has 1 saturated heterocycles. The summed E-state index contributed by atoms with van der Waals surface area (Å²) in [7, 11) is -2.28. The molecule has 8 heteroatoms. The highest BCUT2D eigenvalue weighted by Gasteiger charge is 2.39. The number of nitrogens with two attached hydrogens (primary N) is 1. The van der Waals surface area contributed by atoms with Crippen LogP contribution in [-0.2, 0) is 14.8 Å². The number of rotatable bonds is 4. The second-order valence-corrected chi connectivity index (χ2v) is 7.98. The van der Waals surface area contributed by atoms with E-state index in [-0.39, 0.29) is 22.7 Å². The number of nitrogens with zero attached hydrogens (tertiary/aromatic N) is 1. The SMILES string of the molecule is COC(=O)c1ccc(S(=O)(=O)N2CCC(C)(CN)C2)c(C)c1.Cl. The van der Waals surface area contributed by atoms with Crippen molar-refractivity contribution in [3.05, 3.63) is 29.3 Å². The van der Waals surface area contributed by atoms with E-state index in [0.717, 1.165) is 6.42 Å².